The van der Waals surface area contributed by atoms with Gasteiger partial charge in [0.2, 0.25) is 0 Å². The van der Waals surface area contributed by atoms with E-state index in [4.69, 9.17) is 0 Å². The molecule has 1 aliphatic carbocycles. The summed E-state index contributed by atoms with van der Waals surface area (Å²) in [5.41, 5.74) is 1.41. The summed E-state index contributed by atoms with van der Waals surface area (Å²) in [6.45, 7) is 5.94. The van der Waals surface area contributed by atoms with E-state index in [0.29, 0.717) is 12.1 Å². The van der Waals surface area contributed by atoms with Crippen LogP contribution in [0.1, 0.15) is 57.3 Å². The Balaban J connectivity index is 1.85. The minimum absolute atomic E-state index is 0.542. The van der Waals surface area contributed by atoms with Gasteiger partial charge in [0.1, 0.15) is 0 Å². The molecule has 1 aromatic rings. The monoisotopic (exact) mass is 233 g/mol. The Morgan fingerprint density at radius 2 is 2.18 bits per heavy atom. The van der Waals surface area contributed by atoms with Gasteiger partial charge in [-0.15, -0.1) is 0 Å². The Kier molecular flexibility index (Phi) is 2.95. The Labute approximate surface area is 104 Å². The van der Waals surface area contributed by atoms with Gasteiger partial charge in [0.25, 0.3) is 0 Å². The molecule has 0 spiro atoms. The topological polar surface area (TPSA) is 29.9 Å². The molecular weight excluding hydrogens is 210 g/mol. The number of hydrogen-bond acceptors (Lipinski definition) is 2. The number of hydrogen-bond donors (Lipinski definition) is 1. The van der Waals surface area contributed by atoms with Crippen LogP contribution in [0.25, 0.3) is 0 Å². The first-order valence-electron chi connectivity index (χ1n) is 7.02. The average Bonchev–Trinajstić information content (AvgIpc) is 3.01. The van der Waals surface area contributed by atoms with E-state index in [1.165, 1.54) is 31.4 Å². The molecule has 4 unspecified atom stereocenters. The summed E-state index contributed by atoms with van der Waals surface area (Å²) in [4.78, 5) is 4.39. The van der Waals surface area contributed by atoms with Crippen LogP contribution in [0.5, 0.6) is 0 Å². The van der Waals surface area contributed by atoms with E-state index in [1.54, 1.807) is 0 Å². The van der Waals surface area contributed by atoms with Gasteiger partial charge >= 0.3 is 0 Å². The molecule has 1 N–H and O–H groups in total. The van der Waals surface area contributed by atoms with Crippen LogP contribution in [-0.2, 0) is 0 Å². The standard InChI is InChI=1S/C14H23N3/c1-10-5-6-13(11(10)2)17-9-15-8-14(17)12-4-3-7-16-12/h8-13,16H,3-7H2,1-2H3. The second-order valence-electron chi connectivity index (χ2n) is 5.86. The molecule has 1 aromatic heterocycles. The molecule has 3 heteroatoms. The maximum atomic E-state index is 4.39. The molecule has 0 bridgehead atoms. The van der Waals surface area contributed by atoms with Crippen molar-refractivity contribution in [3.8, 4) is 0 Å². The summed E-state index contributed by atoms with van der Waals surface area (Å²) < 4.78 is 2.46. The second kappa shape index (κ2) is 4.45. The highest BCUT2D eigenvalue weighted by Crippen LogP contribution is 2.41. The third kappa shape index (κ3) is 1.90. The van der Waals surface area contributed by atoms with Gasteiger partial charge in [-0.25, -0.2) is 4.98 Å². The first-order valence-corrected chi connectivity index (χ1v) is 7.02. The van der Waals surface area contributed by atoms with Crippen molar-refractivity contribution in [2.75, 3.05) is 6.54 Å². The summed E-state index contributed by atoms with van der Waals surface area (Å²) in [5.74, 6) is 1.64. The quantitative estimate of drug-likeness (QED) is 0.851. The number of imidazole rings is 1. The van der Waals surface area contributed by atoms with Crippen molar-refractivity contribution in [2.24, 2.45) is 11.8 Å². The smallest absolute Gasteiger partial charge is 0.0951 e. The average molecular weight is 233 g/mol. The molecule has 1 saturated heterocycles. The number of aromatic nitrogens is 2. The normalized spacial score (nSPS) is 37.8. The maximum Gasteiger partial charge on any atom is 0.0951 e. The van der Waals surface area contributed by atoms with Crippen LogP contribution in [0, 0.1) is 11.8 Å². The van der Waals surface area contributed by atoms with E-state index < -0.39 is 0 Å². The van der Waals surface area contributed by atoms with Crippen molar-refractivity contribution in [1.82, 2.24) is 14.9 Å². The molecule has 1 saturated carbocycles. The fourth-order valence-electron chi connectivity index (χ4n) is 3.53. The molecule has 17 heavy (non-hydrogen) atoms. The van der Waals surface area contributed by atoms with Gasteiger partial charge in [-0.05, 0) is 44.1 Å². The van der Waals surface area contributed by atoms with Gasteiger partial charge < -0.3 is 9.88 Å². The van der Waals surface area contributed by atoms with Crippen molar-refractivity contribution < 1.29 is 0 Å². The van der Waals surface area contributed by atoms with Crippen LogP contribution in [0.15, 0.2) is 12.5 Å². The van der Waals surface area contributed by atoms with E-state index in [1.807, 2.05) is 0 Å². The second-order valence-corrected chi connectivity index (χ2v) is 5.86. The van der Waals surface area contributed by atoms with Crippen LogP contribution in [0.3, 0.4) is 0 Å². The Morgan fingerprint density at radius 1 is 1.29 bits per heavy atom. The van der Waals surface area contributed by atoms with Crippen LogP contribution >= 0.6 is 0 Å². The summed E-state index contributed by atoms with van der Waals surface area (Å²) in [5, 5.41) is 3.59. The highest BCUT2D eigenvalue weighted by Gasteiger charge is 2.33. The lowest BCUT2D eigenvalue weighted by Gasteiger charge is -2.24. The van der Waals surface area contributed by atoms with Crippen molar-refractivity contribution in [3.63, 3.8) is 0 Å². The van der Waals surface area contributed by atoms with E-state index in [-0.39, 0.29) is 0 Å². The Hall–Kier alpha value is -0.830. The zero-order valence-corrected chi connectivity index (χ0v) is 10.9. The van der Waals surface area contributed by atoms with E-state index in [2.05, 4.69) is 41.2 Å². The van der Waals surface area contributed by atoms with Gasteiger partial charge in [0.15, 0.2) is 0 Å². The van der Waals surface area contributed by atoms with Crippen molar-refractivity contribution in [2.45, 2.75) is 51.6 Å². The molecule has 2 heterocycles. The fourth-order valence-corrected chi connectivity index (χ4v) is 3.53. The largest absolute Gasteiger partial charge is 0.330 e. The van der Waals surface area contributed by atoms with Gasteiger partial charge in [-0.3, -0.25) is 0 Å². The summed E-state index contributed by atoms with van der Waals surface area (Å²) in [6.07, 6.45) is 9.36. The number of nitrogens with zero attached hydrogens (tertiary/aromatic N) is 2. The molecule has 94 valence electrons. The summed E-state index contributed by atoms with van der Waals surface area (Å²) in [6, 6.07) is 1.21. The number of rotatable bonds is 2. The SMILES string of the molecule is CC1CCC(n2cncc2C2CCCN2)C1C. The third-order valence-electron chi connectivity index (χ3n) is 4.89. The van der Waals surface area contributed by atoms with Crippen molar-refractivity contribution >= 4 is 0 Å². The first-order chi connectivity index (χ1) is 8.27. The zero-order valence-electron chi connectivity index (χ0n) is 10.9. The molecule has 2 aliphatic rings. The van der Waals surface area contributed by atoms with Gasteiger partial charge in [0.05, 0.1) is 12.0 Å². The zero-order chi connectivity index (χ0) is 11.8. The van der Waals surface area contributed by atoms with Crippen LogP contribution in [0.2, 0.25) is 0 Å². The Morgan fingerprint density at radius 3 is 2.82 bits per heavy atom. The molecule has 0 amide bonds. The fraction of sp³-hybridized carbons (Fsp3) is 0.786. The third-order valence-corrected chi connectivity index (χ3v) is 4.89. The highest BCUT2D eigenvalue weighted by molar-refractivity contribution is 5.09. The molecule has 1 aliphatic heterocycles. The predicted octanol–water partition coefficient (Wildman–Crippen LogP) is 2.91. The highest BCUT2D eigenvalue weighted by atomic mass is 15.1. The lowest BCUT2D eigenvalue weighted by atomic mass is 9.97. The maximum absolute atomic E-state index is 4.39. The predicted molar refractivity (Wildman–Crippen MR) is 68.8 cm³/mol. The molecule has 0 radical (unpaired) electrons. The first kappa shape index (κ1) is 11.3. The van der Waals surface area contributed by atoms with Crippen molar-refractivity contribution in [1.29, 1.82) is 0 Å². The Bertz CT molecular complexity index is 379. The lowest BCUT2D eigenvalue weighted by Crippen LogP contribution is -2.21. The number of nitrogens with one attached hydrogen (secondary N) is 1. The molecular formula is C14H23N3. The minimum Gasteiger partial charge on any atom is -0.330 e. The van der Waals surface area contributed by atoms with E-state index in [9.17, 15) is 0 Å². The summed E-state index contributed by atoms with van der Waals surface area (Å²) in [7, 11) is 0. The molecule has 2 fully saturated rings. The van der Waals surface area contributed by atoms with Crippen LogP contribution in [0.4, 0.5) is 0 Å². The van der Waals surface area contributed by atoms with Gasteiger partial charge in [-0.1, -0.05) is 13.8 Å². The van der Waals surface area contributed by atoms with E-state index in [0.717, 1.165) is 18.4 Å². The van der Waals surface area contributed by atoms with Crippen molar-refractivity contribution in [3.05, 3.63) is 18.2 Å². The van der Waals surface area contributed by atoms with Crippen LogP contribution in [-0.4, -0.2) is 16.1 Å². The van der Waals surface area contributed by atoms with E-state index >= 15 is 0 Å². The lowest BCUT2D eigenvalue weighted by molar-refractivity contribution is 0.340. The molecule has 3 nitrogen and oxygen atoms in total. The summed E-state index contributed by atoms with van der Waals surface area (Å²) >= 11 is 0. The molecule has 0 aromatic carbocycles. The molecule has 4 atom stereocenters. The van der Waals surface area contributed by atoms with Gasteiger partial charge in [-0.2, -0.15) is 0 Å². The van der Waals surface area contributed by atoms with Crippen LogP contribution < -0.4 is 5.32 Å². The van der Waals surface area contributed by atoms with Gasteiger partial charge in [0, 0.05) is 18.3 Å². The minimum atomic E-state index is 0.542. The molecule has 3 rings (SSSR count).